The fraction of sp³-hybridized carbons (Fsp3) is 0.333. The molecule has 0 radical (unpaired) electrons. The van der Waals surface area contributed by atoms with Crippen molar-refractivity contribution in [1.82, 2.24) is 19.9 Å². The monoisotopic (exact) mass is 216 g/mol. The standard InChI is InChI=1S/C12H16N4/c1-2-4-13-8-11-3-5-14-9-12(11)16-7-6-15-10-16/h3,5-7,9-10,13H,2,4,8H2,1H3. The maximum absolute atomic E-state index is 4.15. The van der Waals surface area contributed by atoms with Crippen molar-refractivity contribution in [2.45, 2.75) is 19.9 Å². The summed E-state index contributed by atoms with van der Waals surface area (Å²) in [5, 5.41) is 3.39. The number of hydrogen-bond acceptors (Lipinski definition) is 3. The van der Waals surface area contributed by atoms with E-state index in [2.05, 4.69) is 22.2 Å². The maximum Gasteiger partial charge on any atom is 0.0992 e. The van der Waals surface area contributed by atoms with Crippen molar-refractivity contribution in [3.8, 4) is 5.69 Å². The van der Waals surface area contributed by atoms with Gasteiger partial charge in [-0.3, -0.25) is 4.98 Å². The maximum atomic E-state index is 4.15. The quantitative estimate of drug-likeness (QED) is 0.774. The van der Waals surface area contributed by atoms with Gasteiger partial charge in [-0.1, -0.05) is 6.92 Å². The first kappa shape index (κ1) is 10.8. The zero-order valence-electron chi connectivity index (χ0n) is 9.43. The van der Waals surface area contributed by atoms with E-state index < -0.39 is 0 Å². The molecule has 2 heterocycles. The van der Waals surface area contributed by atoms with Crippen LogP contribution in [0, 0.1) is 0 Å². The van der Waals surface area contributed by atoms with Crippen LogP contribution in [0.15, 0.2) is 37.2 Å². The summed E-state index contributed by atoms with van der Waals surface area (Å²) >= 11 is 0. The molecule has 0 bridgehead atoms. The lowest BCUT2D eigenvalue weighted by Gasteiger charge is -2.09. The molecule has 84 valence electrons. The molecule has 0 atom stereocenters. The third-order valence-electron chi connectivity index (χ3n) is 2.41. The highest BCUT2D eigenvalue weighted by Gasteiger charge is 2.03. The Morgan fingerprint density at radius 1 is 1.31 bits per heavy atom. The van der Waals surface area contributed by atoms with E-state index in [1.165, 1.54) is 5.56 Å². The summed E-state index contributed by atoms with van der Waals surface area (Å²) in [4.78, 5) is 8.20. The highest BCUT2D eigenvalue weighted by molar-refractivity contribution is 5.37. The first-order valence-corrected chi connectivity index (χ1v) is 5.53. The highest BCUT2D eigenvalue weighted by atomic mass is 15.0. The van der Waals surface area contributed by atoms with E-state index in [-0.39, 0.29) is 0 Å². The number of hydrogen-bond donors (Lipinski definition) is 1. The van der Waals surface area contributed by atoms with Gasteiger partial charge in [0, 0.05) is 25.1 Å². The molecule has 2 aromatic rings. The van der Waals surface area contributed by atoms with Crippen molar-refractivity contribution >= 4 is 0 Å². The summed E-state index contributed by atoms with van der Waals surface area (Å²) < 4.78 is 1.98. The predicted octanol–water partition coefficient (Wildman–Crippen LogP) is 1.77. The molecule has 0 aliphatic rings. The van der Waals surface area contributed by atoms with Gasteiger partial charge in [-0.2, -0.15) is 0 Å². The molecule has 2 aromatic heterocycles. The van der Waals surface area contributed by atoms with E-state index >= 15 is 0 Å². The van der Waals surface area contributed by atoms with Crippen molar-refractivity contribution < 1.29 is 0 Å². The second kappa shape index (κ2) is 5.42. The lowest BCUT2D eigenvalue weighted by atomic mass is 10.2. The van der Waals surface area contributed by atoms with Crippen LogP contribution >= 0.6 is 0 Å². The smallest absolute Gasteiger partial charge is 0.0992 e. The number of aromatic nitrogens is 3. The van der Waals surface area contributed by atoms with E-state index in [1.807, 2.05) is 29.2 Å². The molecule has 0 aromatic carbocycles. The lowest BCUT2D eigenvalue weighted by Crippen LogP contribution is -2.15. The summed E-state index contributed by atoms with van der Waals surface area (Å²) in [5.41, 5.74) is 2.32. The zero-order chi connectivity index (χ0) is 11.2. The van der Waals surface area contributed by atoms with Crippen molar-refractivity contribution in [3.63, 3.8) is 0 Å². The van der Waals surface area contributed by atoms with E-state index in [0.29, 0.717) is 0 Å². The molecule has 0 unspecified atom stereocenters. The molecular weight excluding hydrogens is 200 g/mol. The third-order valence-corrected chi connectivity index (χ3v) is 2.41. The van der Waals surface area contributed by atoms with E-state index in [4.69, 9.17) is 0 Å². The van der Waals surface area contributed by atoms with Gasteiger partial charge in [-0.15, -0.1) is 0 Å². The summed E-state index contributed by atoms with van der Waals surface area (Å²) in [6.45, 7) is 4.06. The summed E-state index contributed by atoms with van der Waals surface area (Å²) in [6, 6.07) is 2.04. The first-order chi connectivity index (χ1) is 7.92. The topological polar surface area (TPSA) is 42.7 Å². The Labute approximate surface area is 95.4 Å². The van der Waals surface area contributed by atoms with Crippen molar-refractivity contribution in [3.05, 3.63) is 42.7 Å². The largest absolute Gasteiger partial charge is 0.313 e. The Hall–Kier alpha value is -1.68. The van der Waals surface area contributed by atoms with E-state index in [1.54, 1.807) is 12.5 Å². The van der Waals surface area contributed by atoms with Gasteiger partial charge >= 0.3 is 0 Å². The van der Waals surface area contributed by atoms with Gasteiger partial charge in [0.1, 0.15) is 0 Å². The van der Waals surface area contributed by atoms with Gasteiger partial charge in [0.05, 0.1) is 18.2 Å². The average Bonchev–Trinajstić information content (AvgIpc) is 2.83. The number of imidazole rings is 1. The van der Waals surface area contributed by atoms with Gasteiger partial charge in [0.25, 0.3) is 0 Å². The lowest BCUT2D eigenvalue weighted by molar-refractivity contribution is 0.672. The first-order valence-electron chi connectivity index (χ1n) is 5.53. The SMILES string of the molecule is CCCNCc1ccncc1-n1ccnc1. The summed E-state index contributed by atoms with van der Waals surface area (Å²) in [5.74, 6) is 0. The molecule has 0 saturated heterocycles. The van der Waals surface area contributed by atoms with Crippen LogP contribution in [0.1, 0.15) is 18.9 Å². The minimum Gasteiger partial charge on any atom is -0.313 e. The van der Waals surface area contributed by atoms with Crippen LogP contribution in [0.2, 0.25) is 0 Å². The Bertz CT molecular complexity index is 422. The van der Waals surface area contributed by atoms with Crippen molar-refractivity contribution in [2.75, 3.05) is 6.54 Å². The van der Waals surface area contributed by atoms with Gasteiger partial charge < -0.3 is 9.88 Å². The molecule has 4 heteroatoms. The van der Waals surface area contributed by atoms with E-state index in [0.717, 1.165) is 25.2 Å². The molecule has 1 N–H and O–H groups in total. The van der Waals surface area contributed by atoms with Crippen LogP contribution in [0.25, 0.3) is 5.69 Å². The van der Waals surface area contributed by atoms with Crippen LogP contribution in [0.5, 0.6) is 0 Å². The molecular formula is C12H16N4. The fourth-order valence-electron chi connectivity index (χ4n) is 1.60. The Kier molecular flexibility index (Phi) is 3.66. The normalized spacial score (nSPS) is 10.6. The highest BCUT2D eigenvalue weighted by Crippen LogP contribution is 2.11. The predicted molar refractivity (Wildman–Crippen MR) is 63.4 cm³/mol. The molecule has 0 spiro atoms. The van der Waals surface area contributed by atoms with Gasteiger partial charge in [-0.05, 0) is 24.6 Å². The van der Waals surface area contributed by atoms with Crippen LogP contribution < -0.4 is 5.32 Å². The van der Waals surface area contributed by atoms with Crippen LogP contribution in [-0.4, -0.2) is 21.1 Å². The van der Waals surface area contributed by atoms with Crippen LogP contribution in [0.4, 0.5) is 0 Å². The van der Waals surface area contributed by atoms with Crippen LogP contribution in [-0.2, 0) is 6.54 Å². The molecule has 0 fully saturated rings. The summed E-state index contributed by atoms with van der Waals surface area (Å²) in [7, 11) is 0. The third kappa shape index (κ3) is 2.46. The number of rotatable bonds is 5. The minimum atomic E-state index is 0.865. The van der Waals surface area contributed by atoms with E-state index in [9.17, 15) is 0 Å². The molecule has 0 aliphatic heterocycles. The molecule has 2 rings (SSSR count). The van der Waals surface area contributed by atoms with Gasteiger partial charge in [-0.25, -0.2) is 4.98 Å². The Balaban J connectivity index is 2.18. The Morgan fingerprint density at radius 3 is 3.00 bits per heavy atom. The minimum absolute atomic E-state index is 0.865. The van der Waals surface area contributed by atoms with Crippen molar-refractivity contribution in [1.29, 1.82) is 0 Å². The van der Waals surface area contributed by atoms with Crippen LogP contribution in [0.3, 0.4) is 0 Å². The number of nitrogens with zero attached hydrogens (tertiary/aromatic N) is 3. The number of pyridine rings is 1. The zero-order valence-corrected chi connectivity index (χ0v) is 9.43. The molecule has 0 saturated carbocycles. The Morgan fingerprint density at radius 2 is 2.25 bits per heavy atom. The fourth-order valence-corrected chi connectivity index (χ4v) is 1.60. The molecule has 0 amide bonds. The second-order valence-electron chi connectivity index (χ2n) is 3.65. The molecule has 0 aliphatic carbocycles. The van der Waals surface area contributed by atoms with Gasteiger partial charge in [0.2, 0.25) is 0 Å². The van der Waals surface area contributed by atoms with Gasteiger partial charge in [0.15, 0.2) is 0 Å². The van der Waals surface area contributed by atoms with Crippen molar-refractivity contribution in [2.24, 2.45) is 0 Å². The molecule has 4 nitrogen and oxygen atoms in total. The second-order valence-corrected chi connectivity index (χ2v) is 3.65. The average molecular weight is 216 g/mol. The number of nitrogens with one attached hydrogen (secondary N) is 1. The summed E-state index contributed by atoms with van der Waals surface area (Å²) in [6.07, 6.45) is 10.3. The molecule has 16 heavy (non-hydrogen) atoms.